The number of esters is 1. The summed E-state index contributed by atoms with van der Waals surface area (Å²) in [7, 11) is 0. The fraction of sp³-hybridized carbons (Fsp3) is 0.600. The van der Waals surface area contributed by atoms with Gasteiger partial charge in [-0.25, -0.2) is 0 Å². The van der Waals surface area contributed by atoms with E-state index in [0.29, 0.717) is 23.1 Å². The Morgan fingerprint density at radius 1 is 0.857 bits per heavy atom. The molecule has 0 fully saturated rings. The zero-order valence-electron chi connectivity index (χ0n) is 22.3. The molecule has 0 bridgehead atoms. The van der Waals surface area contributed by atoms with Crippen molar-refractivity contribution < 1.29 is 34.1 Å². The molecule has 10 heteroatoms. The molecule has 0 heterocycles. The monoisotopic (exact) mass is 495 g/mol. The molecule has 1 aromatic rings. The maximum atomic E-state index is 13.1. The number of hydrogen-bond donors (Lipinski definition) is 5. The van der Waals surface area contributed by atoms with Gasteiger partial charge in [0.2, 0.25) is 0 Å². The molecule has 0 aliphatic heterocycles. The van der Waals surface area contributed by atoms with Gasteiger partial charge in [0.15, 0.2) is 6.10 Å². The third-order valence-corrected chi connectivity index (χ3v) is 5.43. The van der Waals surface area contributed by atoms with Gasteiger partial charge in [0, 0.05) is 29.8 Å². The number of anilines is 1. The summed E-state index contributed by atoms with van der Waals surface area (Å²) < 4.78 is 4.93. The molecule has 0 aromatic heterocycles. The fourth-order valence-electron chi connectivity index (χ4n) is 3.42. The van der Waals surface area contributed by atoms with Gasteiger partial charge in [0.05, 0.1) is 19.3 Å². The van der Waals surface area contributed by atoms with Crippen LogP contribution < -0.4 is 16.0 Å². The summed E-state index contributed by atoms with van der Waals surface area (Å²) in [5, 5.41) is 26.8. The minimum absolute atomic E-state index is 0.120. The Hall–Kier alpha value is -2.98. The van der Waals surface area contributed by atoms with E-state index < -0.39 is 49.1 Å². The molecule has 5 N–H and O–H groups in total. The summed E-state index contributed by atoms with van der Waals surface area (Å²) in [6, 6.07) is -1.01. The first kappa shape index (κ1) is 32.0. The van der Waals surface area contributed by atoms with Crippen LogP contribution in [0, 0.1) is 20.8 Å². The summed E-state index contributed by atoms with van der Waals surface area (Å²) >= 11 is 0. The Morgan fingerprint density at radius 3 is 1.71 bits per heavy atom. The molecule has 1 aromatic carbocycles. The van der Waals surface area contributed by atoms with Crippen LogP contribution in [0.5, 0.6) is 0 Å². The number of amides is 3. The molecule has 0 aliphatic rings. The lowest BCUT2D eigenvalue weighted by Crippen LogP contribution is -2.41. The molecule has 10 nitrogen and oxygen atoms in total. The highest BCUT2D eigenvalue weighted by molar-refractivity contribution is 6.08. The van der Waals surface area contributed by atoms with Crippen LogP contribution in [0.2, 0.25) is 0 Å². The number of carbonyl (C=O) groups excluding carboxylic acids is 4. The van der Waals surface area contributed by atoms with Gasteiger partial charge in [-0.2, -0.15) is 0 Å². The van der Waals surface area contributed by atoms with Crippen LogP contribution in [0.1, 0.15) is 85.4 Å². The van der Waals surface area contributed by atoms with E-state index >= 15 is 0 Å². The van der Waals surface area contributed by atoms with Crippen molar-refractivity contribution >= 4 is 29.4 Å². The standard InChI is InChI=1S/C23H35N3O7.C2H6/c1-8-11(2)24-22(31)18-12(3)19(23(32)25-17(9-27)10-28)14(5)20(13(18)4)26-21(30)15(6)33-16(7)29;1-2/h11,15,17,27-28H,8-10H2,1-7H3,(H,24,31)(H,25,32)(H,26,30);1-2H3. The van der Waals surface area contributed by atoms with Gasteiger partial charge in [-0.15, -0.1) is 0 Å². The second-order valence-electron chi connectivity index (χ2n) is 8.06. The number of aliphatic hydroxyl groups excluding tert-OH is 2. The van der Waals surface area contributed by atoms with Crippen molar-refractivity contribution in [2.45, 2.75) is 86.9 Å². The Bertz CT molecular complexity index is 911. The number of aliphatic hydroxyl groups is 2. The van der Waals surface area contributed by atoms with Crippen molar-refractivity contribution in [1.82, 2.24) is 10.6 Å². The predicted molar refractivity (Wildman–Crippen MR) is 135 cm³/mol. The van der Waals surface area contributed by atoms with E-state index in [2.05, 4.69) is 16.0 Å². The fourth-order valence-corrected chi connectivity index (χ4v) is 3.42. The number of nitrogens with one attached hydrogen (secondary N) is 3. The largest absolute Gasteiger partial charge is 0.453 e. The SMILES string of the molecule is CC.CCC(C)NC(=O)c1c(C)c(NC(=O)C(C)OC(C)=O)c(C)c(C(=O)NC(CO)CO)c1C. The molecule has 0 spiro atoms. The summed E-state index contributed by atoms with van der Waals surface area (Å²) in [5.41, 5.74) is 1.84. The van der Waals surface area contributed by atoms with Crippen LogP contribution in [-0.4, -0.2) is 65.3 Å². The molecule has 198 valence electrons. The maximum Gasteiger partial charge on any atom is 0.303 e. The number of hydrogen-bond acceptors (Lipinski definition) is 7. The third kappa shape index (κ3) is 8.63. The van der Waals surface area contributed by atoms with Crippen LogP contribution in [0.15, 0.2) is 0 Å². The zero-order chi connectivity index (χ0) is 27.5. The number of carbonyl (C=O) groups is 4. The normalized spacial score (nSPS) is 12.1. The number of rotatable bonds is 10. The number of ether oxygens (including phenoxy) is 1. The molecule has 2 unspecified atom stereocenters. The van der Waals surface area contributed by atoms with E-state index in [1.54, 1.807) is 20.8 Å². The van der Waals surface area contributed by atoms with E-state index in [-0.39, 0.29) is 22.9 Å². The van der Waals surface area contributed by atoms with E-state index in [1.807, 2.05) is 27.7 Å². The summed E-state index contributed by atoms with van der Waals surface area (Å²) in [6.07, 6.45) is -0.397. The molecule has 0 aliphatic carbocycles. The van der Waals surface area contributed by atoms with Gasteiger partial charge in [-0.3, -0.25) is 19.2 Å². The number of benzene rings is 1. The Labute approximate surface area is 207 Å². The quantitative estimate of drug-likeness (QED) is 0.312. The van der Waals surface area contributed by atoms with Gasteiger partial charge >= 0.3 is 5.97 Å². The van der Waals surface area contributed by atoms with E-state index in [9.17, 15) is 29.4 Å². The van der Waals surface area contributed by atoms with Crippen LogP contribution in [-0.2, 0) is 14.3 Å². The first-order chi connectivity index (χ1) is 16.4. The highest BCUT2D eigenvalue weighted by Crippen LogP contribution is 2.32. The zero-order valence-corrected chi connectivity index (χ0v) is 22.3. The summed E-state index contributed by atoms with van der Waals surface area (Å²) in [5.74, 6) is -2.26. The van der Waals surface area contributed by atoms with Crippen LogP contribution in [0.25, 0.3) is 0 Å². The van der Waals surface area contributed by atoms with Crippen molar-refractivity contribution in [2.75, 3.05) is 18.5 Å². The average molecular weight is 496 g/mol. The van der Waals surface area contributed by atoms with Crippen molar-refractivity contribution in [3.8, 4) is 0 Å². The van der Waals surface area contributed by atoms with E-state index in [1.165, 1.54) is 13.8 Å². The van der Waals surface area contributed by atoms with Crippen molar-refractivity contribution in [1.29, 1.82) is 0 Å². The van der Waals surface area contributed by atoms with Crippen molar-refractivity contribution in [3.63, 3.8) is 0 Å². The molecule has 0 saturated heterocycles. The average Bonchev–Trinajstić information content (AvgIpc) is 2.80. The lowest BCUT2D eigenvalue weighted by Gasteiger charge is -2.24. The lowest BCUT2D eigenvalue weighted by atomic mass is 9.89. The third-order valence-electron chi connectivity index (χ3n) is 5.43. The molecular weight excluding hydrogens is 454 g/mol. The second-order valence-corrected chi connectivity index (χ2v) is 8.06. The van der Waals surface area contributed by atoms with Gasteiger partial charge in [-0.05, 0) is 57.7 Å². The van der Waals surface area contributed by atoms with Crippen LogP contribution in [0.4, 0.5) is 5.69 Å². The van der Waals surface area contributed by atoms with Crippen LogP contribution in [0.3, 0.4) is 0 Å². The van der Waals surface area contributed by atoms with Crippen molar-refractivity contribution in [3.05, 3.63) is 27.8 Å². The maximum absolute atomic E-state index is 13.1. The minimum Gasteiger partial charge on any atom is -0.453 e. The molecular formula is C25H41N3O7. The Balaban J connectivity index is 0.00000562. The van der Waals surface area contributed by atoms with Gasteiger partial charge in [-0.1, -0.05) is 20.8 Å². The predicted octanol–water partition coefficient (Wildman–Crippen LogP) is 2.14. The second kappa shape index (κ2) is 15.1. The topological polar surface area (TPSA) is 154 Å². The smallest absolute Gasteiger partial charge is 0.303 e. The highest BCUT2D eigenvalue weighted by atomic mass is 16.5. The summed E-state index contributed by atoms with van der Waals surface area (Å²) in [4.78, 5) is 50.0. The molecule has 35 heavy (non-hydrogen) atoms. The molecule has 1 rings (SSSR count). The van der Waals surface area contributed by atoms with E-state index in [0.717, 1.165) is 0 Å². The van der Waals surface area contributed by atoms with Gasteiger partial charge < -0.3 is 30.9 Å². The highest BCUT2D eigenvalue weighted by Gasteiger charge is 2.28. The molecule has 0 saturated carbocycles. The lowest BCUT2D eigenvalue weighted by molar-refractivity contribution is -0.150. The molecule has 0 radical (unpaired) electrons. The minimum atomic E-state index is -1.09. The van der Waals surface area contributed by atoms with Crippen molar-refractivity contribution in [2.24, 2.45) is 0 Å². The first-order valence-electron chi connectivity index (χ1n) is 11.8. The first-order valence-corrected chi connectivity index (χ1v) is 11.8. The van der Waals surface area contributed by atoms with E-state index in [4.69, 9.17) is 4.74 Å². The molecule has 2 atom stereocenters. The van der Waals surface area contributed by atoms with Crippen LogP contribution >= 0.6 is 0 Å². The van der Waals surface area contributed by atoms with Gasteiger partial charge in [0.1, 0.15) is 0 Å². The molecule has 3 amide bonds. The van der Waals surface area contributed by atoms with Gasteiger partial charge in [0.25, 0.3) is 17.7 Å². The summed E-state index contributed by atoms with van der Waals surface area (Å²) in [6.45, 7) is 14.3. The Morgan fingerprint density at radius 2 is 1.31 bits per heavy atom. The Kier molecular flexibility index (Phi) is 13.8.